The maximum atomic E-state index is 12.9. The molecule has 0 bridgehead atoms. The SMILES string of the molecule is O=S(c1ccc2c(c1)OCCO2)N1CCN(c2ccccc2)CC1. The first-order valence-electron chi connectivity index (χ1n) is 8.18. The molecule has 6 heteroatoms. The van der Waals surface area contributed by atoms with Crippen LogP contribution in [0.5, 0.6) is 11.5 Å². The van der Waals surface area contributed by atoms with Crippen LogP contribution in [0, 0.1) is 0 Å². The molecule has 0 aliphatic carbocycles. The second-order valence-electron chi connectivity index (χ2n) is 5.81. The standard InChI is InChI=1S/C18H20N2O3S/c21-24(16-6-7-17-18(14-16)23-13-12-22-17)20-10-8-19(9-11-20)15-4-2-1-3-5-15/h1-7,14H,8-13H2. The molecule has 1 saturated heterocycles. The van der Waals surface area contributed by atoms with Gasteiger partial charge in [-0.3, -0.25) is 0 Å². The van der Waals surface area contributed by atoms with E-state index >= 15 is 0 Å². The van der Waals surface area contributed by atoms with E-state index < -0.39 is 11.0 Å². The molecule has 1 fully saturated rings. The molecular weight excluding hydrogens is 324 g/mol. The first kappa shape index (κ1) is 15.5. The molecule has 2 aliphatic heterocycles. The lowest BCUT2D eigenvalue weighted by Crippen LogP contribution is -2.46. The Morgan fingerprint density at radius 3 is 2.29 bits per heavy atom. The topological polar surface area (TPSA) is 42.0 Å². The van der Waals surface area contributed by atoms with Crippen LogP contribution in [-0.4, -0.2) is 47.9 Å². The summed E-state index contributed by atoms with van der Waals surface area (Å²) in [7, 11) is -1.17. The monoisotopic (exact) mass is 344 g/mol. The normalized spacial score (nSPS) is 19.1. The first-order valence-corrected chi connectivity index (χ1v) is 9.28. The molecule has 2 aliphatic rings. The van der Waals surface area contributed by atoms with E-state index in [-0.39, 0.29) is 0 Å². The highest BCUT2D eigenvalue weighted by atomic mass is 32.2. The van der Waals surface area contributed by atoms with Crippen LogP contribution in [0.15, 0.2) is 53.4 Å². The molecule has 0 amide bonds. The minimum Gasteiger partial charge on any atom is -0.486 e. The lowest BCUT2D eigenvalue weighted by Gasteiger charge is -2.35. The van der Waals surface area contributed by atoms with Crippen molar-refractivity contribution in [3.05, 3.63) is 48.5 Å². The summed E-state index contributed by atoms with van der Waals surface area (Å²) in [5, 5.41) is 0. The van der Waals surface area contributed by atoms with E-state index in [2.05, 4.69) is 29.2 Å². The van der Waals surface area contributed by atoms with Crippen LogP contribution < -0.4 is 14.4 Å². The summed E-state index contributed by atoms with van der Waals surface area (Å²) in [6.07, 6.45) is 0. The van der Waals surface area contributed by atoms with Crippen molar-refractivity contribution in [2.45, 2.75) is 4.90 Å². The largest absolute Gasteiger partial charge is 0.486 e. The summed E-state index contributed by atoms with van der Waals surface area (Å²) in [5.74, 6) is 1.42. The Hall–Kier alpha value is -2.05. The van der Waals surface area contributed by atoms with Crippen molar-refractivity contribution in [2.24, 2.45) is 0 Å². The van der Waals surface area contributed by atoms with Gasteiger partial charge in [0.05, 0.1) is 4.90 Å². The number of piperazine rings is 1. The van der Waals surface area contributed by atoms with Crippen molar-refractivity contribution in [3.8, 4) is 11.5 Å². The van der Waals surface area contributed by atoms with Gasteiger partial charge in [-0.2, -0.15) is 0 Å². The van der Waals surface area contributed by atoms with Crippen molar-refractivity contribution in [2.75, 3.05) is 44.3 Å². The van der Waals surface area contributed by atoms with Crippen LogP contribution in [0.4, 0.5) is 5.69 Å². The molecule has 1 unspecified atom stereocenters. The van der Waals surface area contributed by atoms with Crippen molar-refractivity contribution in [1.29, 1.82) is 0 Å². The Bertz CT molecular complexity index is 730. The number of hydrogen-bond donors (Lipinski definition) is 0. The van der Waals surface area contributed by atoms with Crippen molar-refractivity contribution >= 4 is 16.7 Å². The zero-order valence-electron chi connectivity index (χ0n) is 13.4. The molecule has 24 heavy (non-hydrogen) atoms. The van der Waals surface area contributed by atoms with Gasteiger partial charge in [-0.05, 0) is 24.3 Å². The number of ether oxygens (including phenoxy) is 2. The predicted octanol–water partition coefficient (Wildman–Crippen LogP) is 2.30. The van der Waals surface area contributed by atoms with Gasteiger partial charge >= 0.3 is 0 Å². The molecule has 0 radical (unpaired) electrons. The third-order valence-electron chi connectivity index (χ3n) is 4.31. The average Bonchev–Trinajstić information content (AvgIpc) is 2.68. The number of nitrogens with zero attached hydrogens (tertiary/aromatic N) is 2. The average molecular weight is 344 g/mol. The fraction of sp³-hybridized carbons (Fsp3) is 0.333. The maximum absolute atomic E-state index is 12.9. The zero-order chi connectivity index (χ0) is 16.4. The molecule has 5 nitrogen and oxygen atoms in total. The molecular formula is C18H20N2O3S. The van der Waals surface area contributed by atoms with E-state index in [1.54, 1.807) is 0 Å². The van der Waals surface area contributed by atoms with Crippen molar-refractivity contribution < 1.29 is 13.7 Å². The number of rotatable bonds is 3. The van der Waals surface area contributed by atoms with E-state index in [1.807, 2.05) is 28.6 Å². The molecule has 0 spiro atoms. The van der Waals surface area contributed by atoms with Crippen molar-refractivity contribution in [3.63, 3.8) is 0 Å². The quantitative estimate of drug-likeness (QED) is 0.857. The van der Waals surface area contributed by atoms with Crippen LogP contribution in [0.1, 0.15) is 0 Å². The third kappa shape index (κ3) is 3.12. The van der Waals surface area contributed by atoms with Gasteiger partial charge in [-0.15, -0.1) is 0 Å². The van der Waals surface area contributed by atoms with Gasteiger partial charge in [-0.25, -0.2) is 8.51 Å². The van der Waals surface area contributed by atoms with Gasteiger partial charge in [-0.1, -0.05) is 18.2 Å². The first-order chi connectivity index (χ1) is 11.8. The highest BCUT2D eigenvalue weighted by molar-refractivity contribution is 7.82. The predicted molar refractivity (Wildman–Crippen MR) is 94.1 cm³/mol. The molecule has 2 heterocycles. The molecule has 4 rings (SSSR count). The Kier molecular flexibility index (Phi) is 4.40. The van der Waals surface area contributed by atoms with Gasteiger partial charge < -0.3 is 14.4 Å². The van der Waals surface area contributed by atoms with E-state index in [9.17, 15) is 4.21 Å². The van der Waals surface area contributed by atoms with Crippen LogP contribution in [0.3, 0.4) is 0 Å². The van der Waals surface area contributed by atoms with E-state index in [1.165, 1.54) is 5.69 Å². The van der Waals surface area contributed by atoms with Gasteiger partial charge in [0.1, 0.15) is 24.2 Å². The molecule has 0 N–H and O–H groups in total. The van der Waals surface area contributed by atoms with Gasteiger partial charge in [0.2, 0.25) is 0 Å². The highest BCUT2D eigenvalue weighted by Gasteiger charge is 2.23. The lowest BCUT2D eigenvalue weighted by atomic mass is 10.2. The summed E-state index contributed by atoms with van der Waals surface area (Å²) in [4.78, 5) is 3.10. The molecule has 2 aromatic rings. The third-order valence-corrected chi connectivity index (χ3v) is 5.80. The Labute approximate surface area is 144 Å². The van der Waals surface area contributed by atoms with Crippen LogP contribution in [0.2, 0.25) is 0 Å². The minimum absolute atomic E-state index is 0.541. The summed E-state index contributed by atoms with van der Waals surface area (Å²) in [6.45, 7) is 4.40. The van der Waals surface area contributed by atoms with Crippen LogP contribution in [-0.2, 0) is 11.0 Å². The molecule has 126 valence electrons. The molecule has 2 aromatic carbocycles. The van der Waals surface area contributed by atoms with Crippen molar-refractivity contribution in [1.82, 2.24) is 4.31 Å². The smallest absolute Gasteiger partial charge is 0.162 e. The van der Waals surface area contributed by atoms with Crippen LogP contribution in [0.25, 0.3) is 0 Å². The van der Waals surface area contributed by atoms with Gasteiger partial charge in [0.25, 0.3) is 0 Å². The summed E-state index contributed by atoms with van der Waals surface area (Å²) >= 11 is 0. The van der Waals surface area contributed by atoms with E-state index in [4.69, 9.17) is 9.47 Å². The second-order valence-corrected chi connectivity index (χ2v) is 7.29. The Morgan fingerprint density at radius 1 is 0.833 bits per heavy atom. The zero-order valence-corrected chi connectivity index (χ0v) is 14.2. The summed E-state index contributed by atoms with van der Waals surface area (Å²) < 4.78 is 26.0. The summed E-state index contributed by atoms with van der Waals surface area (Å²) in [6, 6.07) is 15.9. The van der Waals surface area contributed by atoms with E-state index in [0.717, 1.165) is 36.8 Å². The number of anilines is 1. The number of fused-ring (bicyclic) bond motifs is 1. The molecule has 0 aromatic heterocycles. The Morgan fingerprint density at radius 2 is 1.54 bits per heavy atom. The highest BCUT2D eigenvalue weighted by Crippen LogP contribution is 2.32. The summed E-state index contributed by atoms with van der Waals surface area (Å²) in [5.41, 5.74) is 1.22. The number of benzene rings is 2. The number of para-hydroxylation sites is 1. The minimum atomic E-state index is -1.17. The lowest BCUT2D eigenvalue weighted by molar-refractivity contribution is 0.171. The second kappa shape index (κ2) is 6.83. The van der Waals surface area contributed by atoms with Crippen LogP contribution >= 0.6 is 0 Å². The van der Waals surface area contributed by atoms with Gasteiger partial charge in [0, 0.05) is 37.9 Å². The maximum Gasteiger partial charge on any atom is 0.162 e. The molecule has 1 atom stereocenters. The number of hydrogen-bond acceptors (Lipinski definition) is 4. The van der Waals surface area contributed by atoms with E-state index in [0.29, 0.717) is 19.0 Å². The van der Waals surface area contributed by atoms with Gasteiger partial charge in [0.15, 0.2) is 11.5 Å². The molecule has 0 saturated carbocycles. The fourth-order valence-corrected chi connectivity index (χ4v) is 4.22. The fourth-order valence-electron chi connectivity index (χ4n) is 3.03. The Balaban J connectivity index is 1.43.